The number of ether oxygens (including phenoxy) is 2. The van der Waals surface area contributed by atoms with E-state index < -0.39 is 0 Å². The third-order valence-corrected chi connectivity index (χ3v) is 4.26. The highest BCUT2D eigenvalue weighted by atomic mass is 32.1. The fourth-order valence-corrected chi connectivity index (χ4v) is 2.94. The van der Waals surface area contributed by atoms with Gasteiger partial charge in [0.15, 0.2) is 5.13 Å². The van der Waals surface area contributed by atoms with E-state index in [2.05, 4.69) is 29.0 Å². The normalized spacial score (nSPS) is 11.0. The summed E-state index contributed by atoms with van der Waals surface area (Å²) in [5.41, 5.74) is 0. The Balaban J connectivity index is 2.05. The van der Waals surface area contributed by atoms with Crippen LogP contribution in [-0.4, -0.2) is 51.5 Å². The molecule has 1 aromatic heterocycles. The van der Waals surface area contributed by atoms with Crippen LogP contribution in [0.4, 0.5) is 5.13 Å². The molecule has 1 heterocycles. The van der Waals surface area contributed by atoms with E-state index >= 15 is 0 Å². The summed E-state index contributed by atoms with van der Waals surface area (Å²) in [6.45, 7) is 10.5. The standard InChI is InChI=1S/C15H29N3O2S/c1-4-18(5-2)15-17-13-14(21-15)12-16-8-6-7-9-20-11-10-19-3/h13,16H,4-12H2,1-3H3. The molecule has 0 aliphatic carbocycles. The molecule has 0 aliphatic rings. The number of methoxy groups -OCH3 is 1. The first kappa shape index (κ1) is 18.4. The van der Waals surface area contributed by atoms with Crippen molar-refractivity contribution in [2.75, 3.05) is 51.5 Å². The number of hydrogen-bond acceptors (Lipinski definition) is 6. The third-order valence-electron chi connectivity index (χ3n) is 3.20. The minimum atomic E-state index is 0.679. The van der Waals surface area contributed by atoms with Gasteiger partial charge >= 0.3 is 0 Å². The number of hydrogen-bond donors (Lipinski definition) is 1. The Bertz CT molecular complexity index is 356. The molecule has 0 aliphatic heterocycles. The predicted molar refractivity (Wildman–Crippen MR) is 89.3 cm³/mol. The van der Waals surface area contributed by atoms with Crippen molar-refractivity contribution in [3.8, 4) is 0 Å². The second-order valence-corrected chi connectivity index (χ2v) is 5.86. The van der Waals surface area contributed by atoms with Crippen molar-refractivity contribution in [2.24, 2.45) is 0 Å². The van der Waals surface area contributed by atoms with Crippen molar-refractivity contribution >= 4 is 16.5 Å². The number of thiazole rings is 1. The summed E-state index contributed by atoms with van der Waals surface area (Å²) >= 11 is 1.78. The van der Waals surface area contributed by atoms with Crippen molar-refractivity contribution in [2.45, 2.75) is 33.2 Å². The van der Waals surface area contributed by atoms with Crippen molar-refractivity contribution < 1.29 is 9.47 Å². The number of nitrogens with one attached hydrogen (secondary N) is 1. The van der Waals surface area contributed by atoms with Gasteiger partial charge in [-0.05, 0) is 33.2 Å². The Kier molecular flexibility index (Phi) is 10.4. The van der Waals surface area contributed by atoms with Crippen LogP contribution in [0.15, 0.2) is 6.20 Å². The molecule has 0 fully saturated rings. The average Bonchev–Trinajstić information content (AvgIpc) is 2.95. The molecule has 0 saturated carbocycles. The van der Waals surface area contributed by atoms with Gasteiger partial charge in [0.2, 0.25) is 0 Å². The summed E-state index contributed by atoms with van der Waals surface area (Å²) in [6.07, 6.45) is 4.21. The van der Waals surface area contributed by atoms with Crippen molar-refractivity contribution in [1.29, 1.82) is 0 Å². The molecule has 1 aromatic rings. The Labute approximate surface area is 132 Å². The van der Waals surface area contributed by atoms with Crippen LogP contribution in [0.1, 0.15) is 31.6 Å². The number of nitrogens with zero attached hydrogens (tertiary/aromatic N) is 2. The molecule has 0 aromatic carbocycles. The zero-order valence-electron chi connectivity index (χ0n) is 13.6. The fourth-order valence-electron chi connectivity index (χ4n) is 1.93. The van der Waals surface area contributed by atoms with E-state index in [4.69, 9.17) is 9.47 Å². The lowest BCUT2D eigenvalue weighted by Crippen LogP contribution is -2.21. The summed E-state index contributed by atoms with van der Waals surface area (Å²) < 4.78 is 10.4. The number of rotatable bonds is 13. The SMILES string of the molecule is CCN(CC)c1ncc(CNCCCCOCCOC)s1. The van der Waals surface area contributed by atoms with Gasteiger partial charge in [0, 0.05) is 44.4 Å². The van der Waals surface area contributed by atoms with E-state index in [1.807, 2.05) is 6.20 Å². The molecular weight excluding hydrogens is 286 g/mol. The lowest BCUT2D eigenvalue weighted by Gasteiger charge is -2.16. The topological polar surface area (TPSA) is 46.6 Å². The molecule has 21 heavy (non-hydrogen) atoms. The van der Waals surface area contributed by atoms with Crippen LogP contribution < -0.4 is 10.2 Å². The van der Waals surface area contributed by atoms with E-state index in [0.29, 0.717) is 13.2 Å². The van der Waals surface area contributed by atoms with Gasteiger partial charge in [-0.1, -0.05) is 0 Å². The van der Waals surface area contributed by atoms with Crippen LogP contribution in [0.25, 0.3) is 0 Å². The molecule has 0 bridgehead atoms. The maximum Gasteiger partial charge on any atom is 0.185 e. The summed E-state index contributed by atoms with van der Waals surface area (Å²) in [4.78, 5) is 8.07. The predicted octanol–water partition coefficient (Wildman–Crippen LogP) is 2.52. The highest BCUT2D eigenvalue weighted by Crippen LogP contribution is 2.21. The van der Waals surface area contributed by atoms with Crippen LogP contribution in [0.2, 0.25) is 0 Å². The first-order chi connectivity index (χ1) is 10.3. The largest absolute Gasteiger partial charge is 0.382 e. The van der Waals surface area contributed by atoms with E-state index in [9.17, 15) is 0 Å². The van der Waals surface area contributed by atoms with Gasteiger partial charge in [-0.3, -0.25) is 0 Å². The molecule has 0 unspecified atom stereocenters. The molecule has 122 valence electrons. The molecule has 0 amide bonds. The lowest BCUT2D eigenvalue weighted by molar-refractivity contribution is 0.0688. The molecule has 0 radical (unpaired) electrons. The van der Waals surface area contributed by atoms with Crippen LogP contribution in [0, 0.1) is 0 Å². The Morgan fingerprint density at radius 2 is 2.00 bits per heavy atom. The molecule has 6 heteroatoms. The lowest BCUT2D eigenvalue weighted by atomic mass is 10.3. The van der Waals surface area contributed by atoms with E-state index in [1.165, 1.54) is 4.88 Å². The van der Waals surface area contributed by atoms with Crippen LogP contribution in [-0.2, 0) is 16.0 Å². The monoisotopic (exact) mass is 315 g/mol. The zero-order chi connectivity index (χ0) is 15.3. The van der Waals surface area contributed by atoms with Crippen LogP contribution in [0.3, 0.4) is 0 Å². The second kappa shape index (κ2) is 11.9. The molecule has 1 rings (SSSR count). The van der Waals surface area contributed by atoms with E-state index in [-0.39, 0.29) is 0 Å². The van der Waals surface area contributed by atoms with Crippen molar-refractivity contribution in [3.63, 3.8) is 0 Å². The first-order valence-electron chi connectivity index (χ1n) is 7.78. The summed E-state index contributed by atoms with van der Waals surface area (Å²) in [7, 11) is 1.69. The van der Waals surface area contributed by atoms with Gasteiger partial charge in [0.25, 0.3) is 0 Å². The Morgan fingerprint density at radius 1 is 1.19 bits per heavy atom. The van der Waals surface area contributed by atoms with Crippen molar-refractivity contribution in [3.05, 3.63) is 11.1 Å². The van der Waals surface area contributed by atoms with Gasteiger partial charge in [-0.15, -0.1) is 11.3 Å². The van der Waals surface area contributed by atoms with E-state index in [0.717, 1.165) is 50.8 Å². The van der Waals surface area contributed by atoms with Crippen molar-refractivity contribution in [1.82, 2.24) is 10.3 Å². The quantitative estimate of drug-likeness (QED) is 0.567. The molecule has 1 N–H and O–H groups in total. The second-order valence-electron chi connectivity index (χ2n) is 4.77. The van der Waals surface area contributed by atoms with E-state index in [1.54, 1.807) is 18.4 Å². The van der Waals surface area contributed by atoms with Crippen LogP contribution >= 0.6 is 11.3 Å². The highest BCUT2D eigenvalue weighted by Gasteiger charge is 2.07. The highest BCUT2D eigenvalue weighted by molar-refractivity contribution is 7.15. The average molecular weight is 315 g/mol. The maximum atomic E-state index is 5.43. The zero-order valence-corrected chi connectivity index (χ0v) is 14.4. The minimum absolute atomic E-state index is 0.679. The minimum Gasteiger partial charge on any atom is -0.382 e. The molecule has 0 spiro atoms. The summed E-state index contributed by atoms with van der Waals surface area (Å²) in [5, 5.41) is 4.59. The first-order valence-corrected chi connectivity index (χ1v) is 8.60. The van der Waals surface area contributed by atoms with Gasteiger partial charge in [0.1, 0.15) is 0 Å². The number of aromatic nitrogens is 1. The number of anilines is 1. The van der Waals surface area contributed by atoms with Gasteiger partial charge in [-0.25, -0.2) is 4.98 Å². The van der Waals surface area contributed by atoms with Crippen LogP contribution in [0.5, 0.6) is 0 Å². The smallest absolute Gasteiger partial charge is 0.185 e. The molecule has 5 nitrogen and oxygen atoms in total. The molecule has 0 saturated heterocycles. The summed E-state index contributed by atoms with van der Waals surface area (Å²) in [5.74, 6) is 0. The summed E-state index contributed by atoms with van der Waals surface area (Å²) in [6, 6.07) is 0. The van der Waals surface area contributed by atoms with Gasteiger partial charge < -0.3 is 19.7 Å². The maximum absolute atomic E-state index is 5.43. The third kappa shape index (κ3) is 7.76. The number of unbranched alkanes of at least 4 members (excludes halogenated alkanes) is 1. The van der Waals surface area contributed by atoms with Gasteiger partial charge in [0.05, 0.1) is 13.2 Å². The molecular formula is C15H29N3O2S. The Morgan fingerprint density at radius 3 is 2.71 bits per heavy atom. The molecule has 0 atom stereocenters. The van der Waals surface area contributed by atoms with Gasteiger partial charge in [-0.2, -0.15) is 0 Å². The fraction of sp³-hybridized carbons (Fsp3) is 0.800. The Hall–Kier alpha value is -0.690.